The van der Waals surface area contributed by atoms with Crippen LogP contribution in [0.3, 0.4) is 0 Å². The molecule has 0 radical (unpaired) electrons. The van der Waals surface area contributed by atoms with Gasteiger partial charge in [-0.1, -0.05) is 0 Å². The minimum atomic E-state index is -0.978. The molecule has 0 aliphatic carbocycles. The predicted molar refractivity (Wildman–Crippen MR) is 64.7 cm³/mol. The Morgan fingerprint density at radius 1 is 1.32 bits per heavy atom. The van der Waals surface area contributed by atoms with Crippen LogP contribution in [0.5, 0.6) is 0 Å². The summed E-state index contributed by atoms with van der Waals surface area (Å²) in [5.74, 6) is -3.38. The largest absolute Gasteiger partial charge is 0.481 e. The minimum absolute atomic E-state index is 0.0922. The van der Waals surface area contributed by atoms with Crippen LogP contribution < -0.4 is 5.32 Å². The highest BCUT2D eigenvalue weighted by molar-refractivity contribution is 5.94. The number of benzene rings is 1. The Labute approximate surface area is 109 Å². The molecule has 0 saturated carbocycles. The first-order valence-corrected chi connectivity index (χ1v) is 5.70. The lowest BCUT2D eigenvalue weighted by molar-refractivity contribution is -0.147. The van der Waals surface area contributed by atoms with E-state index in [2.05, 4.69) is 5.32 Å². The molecule has 0 bridgehead atoms. The average molecular weight is 271 g/mol. The summed E-state index contributed by atoms with van der Waals surface area (Å²) in [6.45, 7) is 3.15. The Bertz CT molecular complexity index is 501. The van der Waals surface area contributed by atoms with Gasteiger partial charge in [0, 0.05) is 12.6 Å². The Morgan fingerprint density at radius 2 is 1.95 bits per heavy atom. The van der Waals surface area contributed by atoms with Gasteiger partial charge in [0.1, 0.15) is 11.6 Å². The van der Waals surface area contributed by atoms with E-state index >= 15 is 0 Å². The molecule has 0 unspecified atom stereocenters. The molecule has 0 aromatic heterocycles. The van der Waals surface area contributed by atoms with E-state index in [4.69, 9.17) is 5.11 Å². The minimum Gasteiger partial charge on any atom is -0.481 e. The normalized spacial score (nSPS) is 11.2. The number of aliphatic carboxylic acids is 1. The smallest absolute Gasteiger partial charge is 0.309 e. The van der Waals surface area contributed by atoms with Gasteiger partial charge in [-0.2, -0.15) is 0 Å². The van der Waals surface area contributed by atoms with Crippen molar-refractivity contribution in [1.82, 2.24) is 5.32 Å². The zero-order chi connectivity index (χ0) is 14.6. The summed E-state index contributed by atoms with van der Waals surface area (Å²) in [7, 11) is 0. The molecule has 4 nitrogen and oxygen atoms in total. The summed E-state index contributed by atoms with van der Waals surface area (Å²) >= 11 is 0. The van der Waals surface area contributed by atoms with Crippen LogP contribution in [0.4, 0.5) is 8.78 Å². The second kappa shape index (κ2) is 5.77. The Morgan fingerprint density at radius 3 is 2.47 bits per heavy atom. The fraction of sp³-hybridized carbons (Fsp3) is 0.385. The highest BCUT2D eigenvalue weighted by Gasteiger charge is 2.26. The quantitative estimate of drug-likeness (QED) is 0.862. The molecule has 1 amide bonds. The van der Waals surface area contributed by atoms with E-state index < -0.39 is 28.9 Å². The standard InChI is InChI=1S/C13H15F2NO3/c1-13(2,12(18)19)5-6-16-11(17)9-4-3-8(14)7-10(9)15/h3-4,7H,5-6H2,1-2H3,(H,16,17)(H,18,19). The third-order valence-electron chi connectivity index (χ3n) is 2.79. The SMILES string of the molecule is CC(C)(CCNC(=O)c1ccc(F)cc1F)C(=O)O. The van der Waals surface area contributed by atoms with Crippen molar-refractivity contribution in [2.24, 2.45) is 5.41 Å². The number of hydrogen-bond acceptors (Lipinski definition) is 2. The van der Waals surface area contributed by atoms with Crippen molar-refractivity contribution in [1.29, 1.82) is 0 Å². The summed E-state index contributed by atoms with van der Waals surface area (Å²) in [6.07, 6.45) is 0.205. The molecule has 1 rings (SSSR count). The second-order valence-corrected chi connectivity index (χ2v) is 4.82. The number of rotatable bonds is 5. The molecule has 0 fully saturated rings. The Hall–Kier alpha value is -1.98. The molecule has 0 aliphatic rings. The molecule has 6 heteroatoms. The fourth-order valence-corrected chi connectivity index (χ4v) is 1.36. The number of nitrogens with one attached hydrogen (secondary N) is 1. The number of carbonyl (C=O) groups excluding carboxylic acids is 1. The number of halogens is 2. The molecule has 0 heterocycles. The van der Waals surface area contributed by atoms with Crippen LogP contribution in [0, 0.1) is 17.0 Å². The van der Waals surface area contributed by atoms with Crippen LogP contribution in [0.25, 0.3) is 0 Å². The van der Waals surface area contributed by atoms with Crippen molar-refractivity contribution in [2.75, 3.05) is 6.54 Å². The molecule has 19 heavy (non-hydrogen) atoms. The molecule has 0 saturated heterocycles. The van der Waals surface area contributed by atoms with Crippen LogP contribution in [0.1, 0.15) is 30.6 Å². The first-order valence-electron chi connectivity index (χ1n) is 5.70. The number of amides is 1. The van der Waals surface area contributed by atoms with E-state index in [1.807, 2.05) is 0 Å². The van der Waals surface area contributed by atoms with Gasteiger partial charge in [-0.25, -0.2) is 8.78 Å². The summed E-state index contributed by atoms with van der Waals surface area (Å²) in [5.41, 5.74) is -1.25. The topological polar surface area (TPSA) is 66.4 Å². The van der Waals surface area contributed by atoms with Crippen molar-refractivity contribution in [3.05, 3.63) is 35.4 Å². The van der Waals surface area contributed by atoms with Gasteiger partial charge in [0.2, 0.25) is 0 Å². The lowest BCUT2D eigenvalue weighted by atomic mass is 9.90. The first kappa shape index (κ1) is 15.1. The lowest BCUT2D eigenvalue weighted by Gasteiger charge is -2.18. The van der Waals surface area contributed by atoms with Crippen LogP contribution in [0.15, 0.2) is 18.2 Å². The molecule has 0 atom stereocenters. The van der Waals surface area contributed by atoms with E-state index in [0.29, 0.717) is 6.07 Å². The van der Waals surface area contributed by atoms with Gasteiger partial charge >= 0.3 is 5.97 Å². The molecular formula is C13H15F2NO3. The molecule has 104 valence electrons. The zero-order valence-electron chi connectivity index (χ0n) is 10.7. The zero-order valence-corrected chi connectivity index (χ0v) is 10.7. The maximum atomic E-state index is 13.3. The third-order valence-corrected chi connectivity index (χ3v) is 2.79. The number of hydrogen-bond donors (Lipinski definition) is 2. The van der Waals surface area contributed by atoms with Gasteiger partial charge in [0.15, 0.2) is 0 Å². The van der Waals surface area contributed by atoms with Crippen LogP contribution in [-0.4, -0.2) is 23.5 Å². The van der Waals surface area contributed by atoms with E-state index in [1.54, 1.807) is 0 Å². The van der Waals surface area contributed by atoms with Crippen LogP contribution in [0.2, 0.25) is 0 Å². The van der Waals surface area contributed by atoms with Gasteiger partial charge in [0.25, 0.3) is 5.91 Å². The highest BCUT2D eigenvalue weighted by Crippen LogP contribution is 2.19. The maximum absolute atomic E-state index is 13.3. The summed E-state index contributed by atoms with van der Waals surface area (Å²) in [5, 5.41) is 11.3. The van der Waals surface area contributed by atoms with Crippen molar-refractivity contribution in [3.63, 3.8) is 0 Å². The third kappa shape index (κ3) is 4.01. The van der Waals surface area contributed by atoms with Crippen molar-refractivity contribution < 1.29 is 23.5 Å². The highest BCUT2D eigenvalue weighted by atomic mass is 19.1. The number of carboxylic acids is 1. The van der Waals surface area contributed by atoms with E-state index in [0.717, 1.165) is 12.1 Å². The van der Waals surface area contributed by atoms with Gasteiger partial charge in [-0.15, -0.1) is 0 Å². The summed E-state index contributed by atoms with van der Waals surface area (Å²) in [6, 6.07) is 2.65. The maximum Gasteiger partial charge on any atom is 0.309 e. The van der Waals surface area contributed by atoms with Crippen LogP contribution in [-0.2, 0) is 4.79 Å². The molecule has 2 N–H and O–H groups in total. The fourth-order valence-electron chi connectivity index (χ4n) is 1.36. The lowest BCUT2D eigenvalue weighted by Crippen LogP contribution is -2.32. The Balaban J connectivity index is 2.59. The molecular weight excluding hydrogens is 256 g/mol. The van der Waals surface area contributed by atoms with Gasteiger partial charge in [-0.05, 0) is 32.4 Å². The van der Waals surface area contributed by atoms with Gasteiger partial charge in [0.05, 0.1) is 11.0 Å². The number of carbonyl (C=O) groups is 2. The van der Waals surface area contributed by atoms with E-state index in [1.165, 1.54) is 13.8 Å². The van der Waals surface area contributed by atoms with Gasteiger partial charge in [-0.3, -0.25) is 9.59 Å². The average Bonchev–Trinajstić information content (AvgIpc) is 2.28. The Kier molecular flexibility index (Phi) is 4.58. The number of carboxylic acid groups (broad SMARTS) is 1. The predicted octanol–water partition coefficient (Wildman–Crippen LogP) is 2.20. The molecule has 1 aromatic carbocycles. The molecule has 0 aliphatic heterocycles. The molecule has 0 spiro atoms. The summed E-state index contributed by atoms with van der Waals surface area (Å²) in [4.78, 5) is 22.5. The van der Waals surface area contributed by atoms with Crippen molar-refractivity contribution >= 4 is 11.9 Å². The van der Waals surface area contributed by atoms with Crippen molar-refractivity contribution in [3.8, 4) is 0 Å². The first-order chi connectivity index (χ1) is 8.74. The monoisotopic (exact) mass is 271 g/mol. The van der Waals surface area contributed by atoms with Crippen molar-refractivity contribution in [2.45, 2.75) is 20.3 Å². The second-order valence-electron chi connectivity index (χ2n) is 4.82. The molecule has 1 aromatic rings. The van der Waals surface area contributed by atoms with E-state index in [-0.39, 0.29) is 18.5 Å². The summed E-state index contributed by atoms with van der Waals surface area (Å²) < 4.78 is 26.0. The van der Waals surface area contributed by atoms with Gasteiger partial charge < -0.3 is 10.4 Å². The van der Waals surface area contributed by atoms with Crippen LogP contribution >= 0.6 is 0 Å². The van der Waals surface area contributed by atoms with E-state index in [9.17, 15) is 18.4 Å².